The molecule has 1 aromatic rings. The van der Waals surface area contributed by atoms with Crippen molar-refractivity contribution in [2.75, 3.05) is 26.3 Å². The Morgan fingerprint density at radius 1 is 1.00 bits per heavy atom. The number of allylic oxidation sites excluding steroid dienone is 1. The van der Waals surface area contributed by atoms with Crippen molar-refractivity contribution in [3.05, 3.63) is 60.2 Å². The summed E-state index contributed by atoms with van der Waals surface area (Å²) in [5, 5.41) is 9.35. The van der Waals surface area contributed by atoms with E-state index in [1.165, 1.54) is 0 Å². The molecule has 4 heterocycles. The lowest BCUT2D eigenvalue weighted by molar-refractivity contribution is -0.160. The van der Waals surface area contributed by atoms with Gasteiger partial charge in [0.25, 0.3) is 0 Å². The number of cyclic esters (lactones) is 1. The molecule has 8 heteroatoms. The normalized spacial score (nSPS) is 34.4. The van der Waals surface area contributed by atoms with Gasteiger partial charge in [-0.3, -0.25) is 14.4 Å². The Kier molecular flexibility index (Phi) is 7.23. The largest absolute Gasteiger partial charge is 0.465 e. The van der Waals surface area contributed by atoms with Crippen LogP contribution >= 0.6 is 0 Å². The number of aliphatic hydroxyl groups is 1. The molecule has 1 aromatic carbocycles. The summed E-state index contributed by atoms with van der Waals surface area (Å²) in [4.78, 5) is 45.1. The van der Waals surface area contributed by atoms with Gasteiger partial charge >= 0.3 is 5.97 Å². The number of esters is 1. The minimum absolute atomic E-state index is 0.00354. The third kappa shape index (κ3) is 4.50. The Morgan fingerprint density at radius 2 is 1.81 bits per heavy atom. The van der Waals surface area contributed by atoms with Gasteiger partial charge in [-0.25, -0.2) is 0 Å². The highest BCUT2D eigenvalue weighted by atomic mass is 16.6. The van der Waals surface area contributed by atoms with Crippen molar-refractivity contribution in [2.24, 2.45) is 11.8 Å². The topological polar surface area (TPSA) is 96.4 Å². The number of hydrogen-bond acceptors (Lipinski definition) is 6. The zero-order valence-corrected chi connectivity index (χ0v) is 21.4. The van der Waals surface area contributed by atoms with E-state index in [1.54, 1.807) is 9.80 Å². The Labute approximate surface area is 217 Å². The molecule has 1 N–H and O–H groups in total. The van der Waals surface area contributed by atoms with E-state index in [2.05, 4.69) is 0 Å². The smallest absolute Gasteiger partial charge is 0.313 e. The summed E-state index contributed by atoms with van der Waals surface area (Å²) in [6.45, 7) is 3.22. The Morgan fingerprint density at radius 3 is 2.59 bits per heavy atom. The SMILES string of the molecule is C[C@]12/C=C\CCCCOC(=O)[C@H]1[C@H]1C(=O)N(CCCCO)C3C(=O)N(Cc4ccccc4)CC=C[C@@]31O2. The fraction of sp³-hybridized carbons (Fsp3) is 0.552. The molecule has 0 aromatic heterocycles. The van der Waals surface area contributed by atoms with Crippen LogP contribution in [0.3, 0.4) is 0 Å². The fourth-order valence-electron chi connectivity index (χ4n) is 6.42. The Hall–Kier alpha value is -2.97. The lowest BCUT2D eigenvalue weighted by Gasteiger charge is -2.37. The molecule has 0 aliphatic carbocycles. The van der Waals surface area contributed by atoms with Crippen LogP contribution < -0.4 is 0 Å². The van der Waals surface area contributed by atoms with E-state index < -0.39 is 35.0 Å². The first-order valence-electron chi connectivity index (χ1n) is 13.4. The number of ether oxygens (including phenoxy) is 2. The maximum atomic E-state index is 14.2. The van der Waals surface area contributed by atoms with Gasteiger partial charge in [-0.1, -0.05) is 54.6 Å². The fourth-order valence-corrected chi connectivity index (χ4v) is 6.42. The second-order valence-electron chi connectivity index (χ2n) is 10.6. The highest BCUT2D eigenvalue weighted by Gasteiger charge is 2.74. The minimum Gasteiger partial charge on any atom is -0.465 e. The number of carbonyl (C=O) groups is 3. The van der Waals surface area contributed by atoms with Crippen molar-refractivity contribution in [1.82, 2.24) is 9.80 Å². The number of likely N-dealkylation sites (tertiary alicyclic amines) is 1. The van der Waals surface area contributed by atoms with E-state index in [0.29, 0.717) is 39.1 Å². The molecule has 4 aliphatic rings. The molecule has 5 atom stereocenters. The molecule has 5 rings (SSSR count). The summed E-state index contributed by atoms with van der Waals surface area (Å²) >= 11 is 0. The number of carbonyl (C=O) groups excluding carboxylic acids is 3. The first-order valence-corrected chi connectivity index (χ1v) is 13.4. The second kappa shape index (κ2) is 10.4. The predicted molar refractivity (Wildman–Crippen MR) is 136 cm³/mol. The first-order chi connectivity index (χ1) is 17.9. The van der Waals surface area contributed by atoms with Crippen LogP contribution in [0.4, 0.5) is 0 Å². The lowest BCUT2D eigenvalue weighted by Crippen LogP contribution is -2.55. The number of unbranched alkanes of at least 4 members (excludes halogenated alkanes) is 1. The highest BCUT2D eigenvalue weighted by molar-refractivity contribution is 5.99. The standard InChI is InChI=1S/C29H36N2O6/c1-28-14-7-2-3-10-19-36-27(35)23(28)22-25(33)31(17-8-9-18-32)24-26(34)30(16-11-15-29(22,24)37-28)20-21-12-5-4-6-13-21/h4-7,11-15,22-24,32H,2-3,8-10,16-20H2,1H3/b14-7-/t22-,23+,24?,28-,29-/m0/s1. The van der Waals surface area contributed by atoms with Gasteiger partial charge in [0.1, 0.15) is 17.6 Å². The van der Waals surface area contributed by atoms with Gasteiger partial charge in [0.2, 0.25) is 11.8 Å². The number of aliphatic hydroxyl groups excluding tert-OH is 1. The molecule has 2 saturated heterocycles. The van der Waals surface area contributed by atoms with E-state index >= 15 is 0 Å². The van der Waals surface area contributed by atoms with Gasteiger partial charge in [-0.15, -0.1) is 0 Å². The van der Waals surface area contributed by atoms with Crippen LogP contribution in [0.25, 0.3) is 0 Å². The van der Waals surface area contributed by atoms with Crippen molar-refractivity contribution in [3.63, 3.8) is 0 Å². The van der Waals surface area contributed by atoms with Crippen molar-refractivity contribution < 1.29 is 29.0 Å². The van der Waals surface area contributed by atoms with Crippen LogP contribution in [-0.4, -0.2) is 76.2 Å². The average molecular weight is 509 g/mol. The molecular formula is C29H36N2O6. The number of benzene rings is 1. The molecule has 8 nitrogen and oxygen atoms in total. The van der Waals surface area contributed by atoms with Gasteiger partial charge < -0.3 is 24.4 Å². The number of rotatable bonds is 6. The molecule has 1 spiro atoms. The Balaban J connectivity index is 1.57. The summed E-state index contributed by atoms with van der Waals surface area (Å²) in [6.07, 6.45) is 11.2. The summed E-state index contributed by atoms with van der Waals surface area (Å²) in [5.74, 6) is -2.65. The third-order valence-corrected chi connectivity index (χ3v) is 8.11. The van der Waals surface area contributed by atoms with Gasteiger partial charge in [0.05, 0.1) is 18.1 Å². The number of fused-ring (bicyclic) bond motifs is 2. The van der Waals surface area contributed by atoms with Gasteiger partial charge in [-0.2, -0.15) is 0 Å². The van der Waals surface area contributed by atoms with E-state index in [9.17, 15) is 19.5 Å². The van der Waals surface area contributed by atoms with Crippen molar-refractivity contribution in [3.8, 4) is 0 Å². The molecule has 0 saturated carbocycles. The third-order valence-electron chi connectivity index (χ3n) is 8.11. The molecular weight excluding hydrogens is 472 g/mol. The Bertz CT molecular complexity index is 1090. The summed E-state index contributed by atoms with van der Waals surface area (Å²) in [6, 6.07) is 8.85. The summed E-state index contributed by atoms with van der Waals surface area (Å²) in [5.41, 5.74) is -1.37. The van der Waals surface area contributed by atoms with E-state index in [-0.39, 0.29) is 18.4 Å². The van der Waals surface area contributed by atoms with Gasteiger partial charge in [0.15, 0.2) is 0 Å². The lowest BCUT2D eigenvalue weighted by atomic mass is 9.74. The molecule has 4 aliphatic heterocycles. The summed E-state index contributed by atoms with van der Waals surface area (Å²) < 4.78 is 12.4. The van der Waals surface area contributed by atoms with Crippen LogP contribution in [0.2, 0.25) is 0 Å². The van der Waals surface area contributed by atoms with Crippen LogP contribution in [0.5, 0.6) is 0 Å². The maximum Gasteiger partial charge on any atom is 0.313 e. The van der Waals surface area contributed by atoms with Crippen LogP contribution in [-0.2, 0) is 30.4 Å². The number of nitrogens with zero attached hydrogens (tertiary/aromatic N) is 2. The molecule has 198 valence electrons. The van der Waals surface area contributed by atoms with Crippen LogP contribution in [0.1, 0.15) is 44.6 Å². The van der Waals surface area contributed by atoms with Gasteiger partial charge in [-0.05, 0) is 44.6 Å². The van der Waals surface area contributed by atoms with Crippen molar-refractivity contribution in [1.29, 1.82) is 0 Å². The number of amides is 2. The quantitative estimate of drug-likeness (QED) is 0.361. The molecule has 2 amide bonds. The van der Waals surface area contributed by atoms with E-state index in [4.69, 9.17) is 9.47 Å². The van der Waals surface area contributed by atoms with Crippen LogP contribution in [0, 0.1) is 11.8 Å². The monoisotopic (exact) mass is 508 g/mol. The maximum absolute atomic E-state index is 14.2. The zero-order chi connectivity index (χ0) is 26.0. The molecule has 1 unspecified atom stereocenters. The summed E-state index contributed by atoms with van der Waals surface area (Å²) in [7, 11) is 0. The number of hydrogen-bond donors (Lipinski definition) is 1. The first kappa shape index (κ1) is 25.7. The van der Waals surface area contributed by atoms with Crippen molar-refractivity contribution >= 4 is 17.8 Å². The highest BCUT2D eigenvalue weighted by Crippen LogP contribution is 2.57. The predicted octanol–water partition coefficient (Wildman–Crippen LogP) is 2.61. The average Bonchev–Trinajstić information content (AvgIpc) is 3.21. The molecule has 37 heavy (non-hydrogen) atoms. The minimum atomic E-state index is -1.28. The molecule has 0 bridgehead atoms. The van der Waals surface area contributed by atoms with Crippen molar-refractivity contribution in [2.45, 2.75) is 62.8 Å². The molecule has 2 fully saturated rings. The van der Waals surface area contributed by atoms with Gasteiger partial charge in [0, 0.05) is 26.2 Å². The molecule has 0 radical (unpaired) electrons. The van der Waals surface area contributed by atoms with E-state index in [0.717, 1.165) is 24.8 Å². The van der Waals surface area contributed by atoms with Crippen LogP contribution in [0.15, 0.2) is 54.6 Å². The van der Waals surface area contributed by atoms with E-state index in [1.807, 2.05) is 61.6 Å². The second-order valence-corrected chi connectivity index (χ2v) is 10.6. The zero-order valence-electron chi connectivity index (χ0n) is 21.4.